The number of aliphatic hydroxyl groups is 1. The molecule has 2 aromatic carbocycles. The van der Waals surface area contributed by atoms with Gasteiger partial charge in [0.15, 0.2) is 0 Å². The molecule has 4 rings (SSSR count). The second-order valence-corrected chi connectivity index (χ2v) is 9.61. The first kappa shape index (κ1) is 26.0. The Morgan fingerprint density at radius 1 is 1.11 bits per heavy atom. The van der Waals surface area contributed by atoms with E-state index in [1.165, 1.54) is 36.4 Å². The zero-order chi connectivity index (χ0) is 25.5. The molecule has 7 heteroatoms. The van der Waals surface area contributed by atoms with Crippen LogP contribution in [0.5, 0.6) is 5.75 Å². The van der Waals surface area contributed by atoms with E-state index in [0.29, 0.717) is 25.2 Å². The summed E-state index contributed by atoms with van der Waals surface area (Å²) in [5.41, 5.74) is 0.792. The first-order valence-corrected chi connectivity index (χ1v) is 12.4. The number of benzene rings is 2. The summed E-state index contributed by atoms with van der Waals surface area (Å²) in [7, 11) is 0. The van der Waals surface area contributed by atoms with Crippen molar-refractivity contribution in [3.63, 3.8) is 0 Å². The molecular weight excluding hydrogens is 466 g/mol. The number of allylic oxidation sites excluding steroid dienone is 2. The average molecular weight is 499 g/mol. The van der Waals surface area contributed by atoms with E-state index in [1.54, 1.807) is 6.08 Å². The fourth-order valence-corrected chi connectivity index (χ4v) is 5.46. The third-order valence-corrected chi connectivity index (χ3v) is 7.25. The van der Waals surface area contributed by atoms with Gasteiger partial charge in [0.2, 0.25) is 0 Å². The van der Waals surface area contributed by atoms with Gasteiger partial charge in [-0.05, 0) is 73.6 Å². The quantitative estimate of drug-likeness (QED) is 0.301. The molecule has 2 unspecified atom stereocenters. The molecule has 1 aliphatic heterocycles. The van der Waals surface area contributed by atoms with Gasteiger partial charge in [-0.25, -0.2) is 8.78 Å². The van der Waals surface area contributed by atoms with Crippen molar-refractivity contribution in [3.05, 3.63) is 90.0 Å². The highest BCUT2D eigenvalue weighted by Crippen LogP contribution is 2.57. The number of halogens is 2. The summed E-state index contributed by atoms with van der Waals surface area (Å²) in [4.78, 5) is 10.7. The van der Waals surface area contributed by atoms with E-state index in [1.807, 2.05) is 24.3 Å². The summed E-state index contributed by atoms with van der Waals surface area (Å²) in [5.74, 6) is -0.716. The van der Waals surface area contributed by atoms with Crippen molar-refractivity contribution in [1.82, 2.24) is 0 Å². The molecule has 0 amide bonds. The molecule has 2 aromatic rings. The number of ether oxygens (including phenoxy) is 2. The number of aliphatic carboxylic acids is 1. The number of carboxylic acids is 1. The molecule has 192 valence electrons. The Labute approximate surface area is 210 Å². The lowest BCUT2D eigenvalue weighted by molar-refractivity contribution is -0.137. The number of carbonyl (C=O) groups is 1. The lowest BCUT2D eigenvalue weighted by Gasteiger charge is -2.38. The number of rotatable bonds is 12. The van der Waals surface area contributed by atoms with Gasteiger partial charge in [0.25, 0.3) is 0 Å². The number of unbranched alkanes of at least 4 members (excludes halogenated alkanes) is 1. The van der Waals surface area contributed by atoms with Gasteiger partial charge in [0, 0.05) is 17.8 Å². The van der Waals surface area contributed by atoms with Gasteiger partial charge in [-0.15, -0.1) is 0 Å². The second-order valence-electron chi connectivity index (χ2n) is 9.61. The van der Waals surface area contributed by atoms with Gasteiger partial charge < -0.3 is 19.7 Å². The lowest BCUT2D eigenvalue weighted by atomic mass is 9.69. The molecule has 2 fully saturated rings. The molecule has 5 nitrogen and oxygen atoms in total. The minimum Gasteiger partial charge on any atom is -0.491 e. The van der Waals surface area contributed by atoms with Crippen LogP contribution in [0.3, 0.4) is 0 Å². The number of fused-ring (bicyclic) bond motifs is 2. The van der Waals surface area contributed by atoms with E-state index >= 15 is 0 Å². The van der Waals surface area contributed by atoms with Gasteiger partial charge in [0.1, 0.15) is 30.1 Å². The van der Waals surface area contributed by atoms with Gasteiger partial charge in [0.05, 0.1) is 12.7 Å². The largest absolute Gasteiger partial charge is 0.491 e. The van der Waals surface area contributed by atoms with E-state index < -0.39 is 12.1 Å². The molecule has 2 bridgehead atoms. The fraction of sp³-hybridized carbons (Fsp3) is 0.414. The zero-order valence-electron chi connectivity index (χ0n) is 20.1. The molecule has 1 aliphatic carbocycles. The Morgan fingerprint density at radius 3 is 2.50 bits per heavy atom. The van der Waals surface area contributed by atoms with Crippen LogP contribution in [0.2, 0.25) is 0 Å². The zero-order valence-corrected chi connectivity index (χ0v) is 20.1. The highest BCUT2D eigenvalue weighted by Gasteiger charge is 2.58. The van der Waals surface area contributed by atoms with E-state index in [4.69, 9.17) is 14.6 Å². The van der Waals surface area contributed by atoms with E-state index in [2.05, 4.69) is 6.08 Å². The second kappa shape index (κ2) is 11.8. The van der Waals surface area contributed by atoms with Crippen molar-refractivity contribution in [2.45, 2.75) is 49.7 Å². The fourth-order valence-electron chi connectivity index (χ4n) is 5.46. The summed E-state index contributed by atoms with van der Waals surface area (Å²) < 4.78 is 38.4. The first-order valence-electron chi connectivity index (χ1n) is 12.4. The maximum atomic E-state index is 13.6. The molecule has 2 aliphatic rings. The maximum Gasteiger partial charge on any atom is 0.303 e. The SMILES string of the molecule is O=C(O)CCC/C=C/C[C@H]1[C@H](/C=C/[C@@H](O)COc2ccc(F)cc2)C2CC1(c1ccc(F)cc1)CO2. The van der Waals surface area contributed by atoms with Crippen LogP contribution in [0.4, 0.5) is 8.78 Å². The van der Waals surface area contributed by atoms with Gasteiger partial charge in [-0.3, -0.25) is 4.79 Å². The normalized spacial score (nSPS) is 26.1. The summed E-state index contributed by atoms with van der Waals surface area (Å²) in [6.45, 7) is 0.596. The number of hydrogen-bond acceptors (Lipinski definition) is 4. The Bertz CT molecular complexity index is 1070. The van der Waals surface area contributed by atoms with Gasteiger partial charge in [-0.2, -0.15) is 0 Å². The summed E-state index contributed by atoms with van der Waals surface area (Å²) in [6.07, 6.45) is 10.0. The van der Waals surface area contributed by atoms with Crippen molar-refractivity contribution in [2.75, 3.05) is 13.2 Å². The van der Waals surface area contributed by atoms with Crippen LogP contribution in [0, 0.1) is 23.5 Å². The van der Waals surface area contributed by atoms with E-state index in [0.717, 1.165) is 18.4 Å². The van der Waals surface area contributed by atoms with Crippen LogP contribution in [0.1, 0.15) is 37.7 Å². The molecule has 5 atom stereocenters. The molecule has 1 saturated carbocycles. The highest BCUT2D eigenvalue weighted by atomic mass is 19.1. The van der Waals surface area contributed by atoms with Crippen molar-refractivity contribution in [2.24, 2.45) is 11.8 Å². The monoisotopic (exact) mass is 498 g/mol. The Hall–Kier alpha value is -3.03. The lowest BCUT2D eigenvalue weighted by Crippen LogP contribution is -2.39. The minimum atomic E-state index is -0.844. The molecule has 0 aromatic heterocycles. The van der Waals surface area contributed by atoms with Crippen LogP contribution in [0.15, 0.2) is 72.8 Å². The van der Waals surface area contributed by atoms with Crippen LogP contribution >= 0.6 is 0 Å². The van der Waals surface area contributed by atoms with Crippen LogP contribution in [-0.4, -0.2) is 41.6 Å². The third kappa shape index (κ3) is 6.20. The standard InChI is InChI=1S/C29H32F2O5/c30-21-9-7-20(8-10-21)29-17-27(36-19-29)25(26(29)5-3-1-2-4-6-28(33)34)16-13-23(32)18-35-24-14-11-22(31)12-15-24/h1,3,7-16,23,25-27,32H,2,4-6,17-19H2,(H,33,34)/b3-1+,16-13+/t23-,25+,26+,27?,29?/m1/s1. The number of carboxylic acid groups (broad SMARTS) is 1. The van der Waals surface area contributed by atoms with E-state index in [-0.39, 0.29) is 48.0 Å². The number of hydrogen-bond donors (Lipinski definition) is 2. The van der Waals surface area contributed by atoms with Crippen molar-refractivity contribution >= 4 is 5.97 Å². The van der Waals surface area contributed by atoms with Crippen molar-refractivity contribution in [1.29, 1.82) is 0 Å². The topological polar surface area (TPSA) is 76.0 Å². The molecular formula is C29H32F2O5. The van der Waals surface area contributed by atoms with Gasteiger partial charge >= 0.3 is 5.97 Å². The Morgan fingerprint density at radius 2 is 1.81 bits per heavy atom. The summed E-state index contributed by atoms with van der Waals surface area (Å²) in [5, 5.41) is 19.3. The molecule has 0 radical (unpaired) electrons. The molecule has 1 saturated heterocycles. The Kier molecular flexibility index (Phi) is 8.54. The average Bonchev–Trinajstić information content (AvgIpc) is 3.43. The summed E-state index contributed by atoms with van der Waals surface area (Å²) in [6, 6.07) is 12.3. The maximum absolute atomic E-state index is 13.6. The highest BCUT2D eigenvalue weighted by molar-refractivity contribution is 5.66. The first-order chi connectivity index (χ1) is 17.4. The molecule has 2 N–H and O–H groups in total. The van der Waals surface area contributed by atoms with Crippen LogP contribution in [-0.2, 0) is 14.9 Å². The smallest absolute Gasteiger partial charge is 0.303 e. The van der Waals surface area contributed by atoms with Gasteiger partial charge in [-0.1, -0.05) is 36.4 Å². The molecule has 1 heterocycles. The summed E-state index contributed by atoms with van der Waals surface area (Å²) >= 11 is 0. The van der Waals surface area contributed by atoms with Crippen LogP contribution in [0.25, 0.3) is 0 Å². The van der Waals surface area contributed by atoms with Crippen molar-refractivity contribution in [3.8, 4) is 5.75 Å². The van der Waals surface area contributed by atoms with E-state index in [9.17, 15) is 18.7 Å². The molecule has 36 heavy (non-hydrogen) atoms. The predicted molar refractivity (Wildman–Crippen MR) is 132 cm³/mol. The predicted octanol–water partition coefficient (Wildman–Crippen LogP) is 5.43. The Balaban J connectivity index is 1.45. The number of aliphatic hydroxyl groups excluding tert-OH is 1. The minimum absolute atomic E-state index is 0.0121. The molecule has 0 spiro atoms. The van der Waals surface area contributed by atoms with Crippen LogP contribution < -0.4 is 4.74 Å². The third-order valence-electron chi connectivity index (χ3n) is 7.25. The van der Waals surface area contributed by atoms with Crippen molar-refractivity contribution < 1.29 is 33.3 Å².